The molecule has 1 N–H and O–H groups in total. The smallest absolute Gasteiger partial charge is 0.131 e. The molecule has 0 aliphatic heterocycles. The van der Waals surface area contributed by atoms with Crippen LogP contribution in [0.5, 0.6) is 0 Å². The van der Waals surface area contributed by atoms with E-state index in [0.29, 0.717) is 11.1 Å². The Bertz CT molecular complexity index is 591. The molecule has 1 atom stereocenters. The summed E-state index contributed by atoms with van der Waals surface area (Å²) in [6.07, 6.45) is 0.967. The van der Waals surface area contributed by atoms with Gasteiger partial charge in [-0.25, -0.2) is 8.78 Å². The molecule has 0 amide bonds. The summed E-state index contributed by atoms with van der Waals surface area (Å²) in [5.41, 5.74) is 3.12. The van der Waals surface area contributed by atoms with Crippen molar-refractivity contribution in [3.8, 4) is 0 Å². The lowest BCUT2D eigenvalue weighted by atomic mass is 9.95. The van der Waals surface area contributed by atoms with Crippen LogP contribution in [0, 0.1) is 18.6 Å². The van der Waals surface area contributed by atoms with E-state index in [2.05, 4.69) is 12.2 Å². The van der Waals surface area contributed by atoms with Crippen LogP contribution in [0.25, 0.3) is 0 Å². The SMILES string of the molecule is CCc1ccc(C(NC)c2cc(C)c(F)cc2F)cc1. The molecule has 2 aromatic rings. The van der Waals surface area contributed by atoms with E-state index in [4.69, 9.17) is 0 Å². The first kappa shape index (κ1) is 14.7. The fourth-order valence-corrected chi connectivity index (χ4v) is 2.35. The predicted octanol–water partition coefficient (Wildman–Crippen LogP) is 4.14. The van der Waals surface area contributed by atoms with Crippen LogP contribution in [0.15, 0.2) is 36.4 Å². The van der Waals surface area contributed by atoms with Gasteiger partial charge in [-0.05, 0) is 43.1 Å². The Kier molecular flexibility index (Phi) is 4.50. The highest BCUT2D eigenvalue weighted by molar-refractivity contribution is 5.36. The van der Waals surface area contributed by atoms with Crippen molar-refractivity contribution in [1.82, 2.24) is 5.32 Å². The molecule has 1 nitrogen and oxygen atoms in total. The fourth-order valence-electron chi connectivity index (χ4n) is 2.35. The summed E-state index contributed by atoms with van der Waals surface area (Å²) in [5, 5.41) is 3.10. The lowest BCUT2D eigenvalue weighted by Gasteiger charge is -2.19. The Labute approximate surface area is 118 Å². The number of aryl methyl sites for hydroxylation is 2. The van der Waals surface area contributed by atoms with Crippen LogP contribution in [0.2, 0.25) is 0 Å². The van der Waals surface area contributed by atoms with Crippen LogP contribution in [0.1, 0.15) is 35.2 Å². The van der Waals surface area contributed by atoms with Crippen molar-refractivity contribution in [3.63, 3.8) is 0 Å². The van der Waals surface area contributed by atoms with E-state index < -0.39 is 11.6 Å². The van der Waals surface area contributed by atoms with E-state index in [1.54, 1.807) is 20.0 Å². The molecule has 0 heterocycles. The first-order valence-electron chi connectivity index (χ1n) is 6.78. The second kappa shape index (κ2) is 6.14. The fraction of sp³-hybridized carbons (Fsp3) is 0.294. The highest BCUT2D eigenvalue weighted by atomic mass is 19.1. The summed E-state index contributed by atoms with van der Waals surface area (Å²) in [7, 11) is 1.77. The van der Waals surface area contributed by atoms with Crippen LogP contribution in [-0.4, -0.2) is 7.05 Å². The van der Waals surface area contributed by atoms with Gasteiger partial charge in [-0.1, -0.05) is 31.2 Å². The summed E-state index contributed by atoms with van der Waals surface area (Å²) < 4.78 is 27.4. The van der Waals surface area contributed by atoms with E-state index in [1.807, 2.05) is 24.3 Å². The number of hydrogen-bond acceptors (Lipinski definition) is 1. The third-order valence-corrected chi connectivity index (χ3v) is 3.60. The standard InChI is InChI=1S/C17H19F2N/c1-4-12-5-7-13(8-6-12)17(20-3)14-9-11(2)15(18)10-16(14)19/h5-10,17,20H,4H2,1-3H3. The normalized spacial score (nSPS) is 12.4. The molecule has 0 saturated carbocycles. The van der Waals surface area contributed by atoms with Crippen molar-refractivity contribution in [2.75, 3.05) is 7.05 Å². The van der Waals surface area contributed by atoms with Gasteiger partial charge in [0.1, 0.15) is 11.6 Å². The van der Waals surface area contributed by atoms with Crippen molar-refractivity contribution < 1.29 is 8.78 Å². The molecule has 0 bridgehead atoms. The zero-order valence-electron chi connectivity index (χ0n) is 12.0. The van der Waals surface area contributed by atoms with Crippen LogP contribution < -0.4 is 5.32 Å². The maximum absolute atomic E-state index is 14.0. The largest absolute Gasteiger partial charge is 0.309 e. The Morgan fingerprint density at radius 1 is 1.05 bits per heavy atom. The van der Waals surface area contributed by atoms with Gasteiger partial charge in [-0.15, -0.1) is 0 Å². The number of nitrogens with one attached hydrogen (secondary N) is 1. The summed E-state index contributed by atoms with van der Waals surface area (Å²) >= 11 is 0. The zero-order valence-corrected chi connectivity index (χ0v) is 12.0. The zero-order chi connectivity index (χ0) is 14.7. The van der Waals surface area contributed by atoms with Crippen molar-refractivity contribution in [2.24, 2.45) is 0 Å². The van der Waals surface area contributed by atoms with Crippen molar-refractivity contribution in [2.45, 2.75) is 26.3 Å². The average Bonchev–Trinajstić information content (AvgIpc) is 2.46. The van der Waals surface area contributed by atoms with Gasteiger partial charge in [0, 0.05) is 11.6 Å². The van der Waals surface area contributed by atoms with Gasteiger partial charge in [0.05, 0.1) is 6.04 Å². The molecule has 0 saturated heterocycles. The Morgan fingerprint density at radius 3 is 2.25 bits per heavy atom. The first-order valence-corrected chi connectivity index (χ1v) is 6.78. The average molecular weight is 275 g/mol. The summed E-state index contributed by atoms with van der Waals surface area (Å²) in [6, 6.07) is 10.3. The van der Waals surface area contributed by atoms with Crippen LogP contribution in [0.3, 0.4) is 0 Å². The van der Waals surface area contributed by atoms with Crippen molar-refractivity contribution in [1.29, 1.82) is 0 Å². The quantitative estimate of drug-likeness (QED) is 0.884. The van der Waals surface area contributed by atoms with E-state index >= 15 is 0 Å². The first-order chi connectivity index (χ1) is 9.56. The van der Waals surface area contributed by atoms with E-state index in [-0.39, 0.29) is 6.04 Å². The molecular formula is C17H19F2N. The van der Waals surface area contributed by atoms with Gasteiger partial charge in [0.25, 0.3) is 0 Å². The van der Waals surface area contributed by atoms with Crippen molar-refractivity contribution in [3.05, 3.63) is 70.3 Å². The molecule has 1 unspecified atom stereocenters. The van der Waals surface area contributed by atoms with E-state index in [0.717, 1.165) is 18.1 Å². The third-order valence-electron chi connectivity index (χ3n) is 3.60. The second-order valence-electron chi connectivity index (χ2n) is 4.94. The van der Waals surface area contributed by atoms with Gasteiger partial charge >= 0.3 is 0 Å². The summed E-state index contributed by atoms with van der Waals surface area (Å²) in [6.45, 7) is 3.73. The number of hydrogen-bond donors (Lipinski definition) is 1. The third kappa shape index (κ3) is 2.88. The van der Waals surface area contributed by atoms with E-state index in [9.17, 15) is 8.78 Å². The maximum atomic E-state index is 14.0. The monoisotopic (exact) mass is 275 g/mol. The minimum Gasteiger partial charge on any atom is -0.309 e. The van der Waals surface area contributed by atoms with E-state index in [1.165, 1.54) is 5.56 Å². The molecule has 106 valence electrons. The topological polar surface area (TPSA) is 12.0 Å². The van der Waals surface area contributed by atoms with Gasteiger partial charge in [0.15, 0.2) is 0 Å². The molecule has 2 rings (SSSR count). The molecule has 0 radical (unpaired) electrons. The van der Waals surface area contributed by atoms with Crippen LogP contribution in [-0.2, 0) is 6.42 Å². The Balaban J connectivity index is 2.43. The molecule has 0 fully saturated rings. The maximum Gasteiger partial charge on any atom is 0.131 e. The predicted molar refractivity (Wildman–Crippen MR) is 77.8 cm³/mol. The summed E-state index contributed by atoms with van der Waals surface area (Å²) in [5.74, 6) is -1.03. The lowest BCUT2D eigenvalue weighted by Crippen LogP contribution is -2.19. The summed E-state index contributed by atoms with van der Waals surface area (Å²) in [4.78, 5) is 0. The van der Waals surface area contributed by atoms with Crippen LogP contribution >= 0.6 is 0 Å². The molecule has 20 heavy (non-hydrogen) atoms. The Hall–Kier alpha value is -1.74. The molecule has 2 aromatic carbocycles. The minimum absolute atomic E-state index is 0.278. The number of halogens is 2. The molecule has 0 aliphatic rings. The number of benzene rings is 2. The molecule has 0 spiro atoms. The minimum atomic E-state index is -0.521. The second-order valence-corrected chi connectivity index (χ2v) is 4.94. The molecule has 0 aromatic heterocycles. The number of rotatable bonds is 4. The van der Waals surface area contributed by atoms with Crippen molar-refractivity contribution >= 4 is 0 Å². The Morgan fingerprint density at radius 2 is 1.70 bits per heavy atom. The van der Waals surface area contributed by atoms with Gasteiger partial charge in [0.2, 0.25) is 0 Å². The highest BCUT2D eigenvalue weighted by Gasteiger charge is 2.18. The highest BCUT2D eigenvalue weighted by Crippen LogP contribution is 2.26. The molecule has 3 heteroatoms. The van der Waals surface area contributed by atoms with Gasteiger partial charge < -0.3 is 5.32 Å². The van der Waals surface area contributed by atoms with Gasteiger partial charge in [-0.2, -0.15) is 0 Å². The molecule has 0 aliphatic carbocycles. The van der Waals surface area contributed by atoms with Gasteiger partial charge in [-0.3, -0.25) is 0 Å². The lowest BCUT2D eigenvalue weighted by molar-refractivity contribution is 0.547. The molecular weight excluding hydrogens is 256 g/mol. The van der Waals surface area contributed by atoms with Crippen LogP contribution in [0.4, 0.5) is 8.78 Å².